The van der Waals surface area contributed by atoms with Crippen LogP contribution in [0.5, 0.6) is 11.5 Å². The van der Waals surface area contributed by atoms with Crippen molar-refractivity contribution < 1.29 is 19.0 Å². The molecule has 2 heterocycles. The Bertz CT molecular complexity index is 1480. The van der Waals surface area contributed by atoms with Crippen molar-refractivity contribution in [3.63, 3.8) is 0 Å². The highest BCUT2D eigenvalue weighted by Crippen LogP contribution is 2.29. The number of ether oxygens (including phenoxy) is 3. The van der Waals surface area contributed by atoms with Crippen LogP contribution in [0.15, 0.2) is 84.0 Å². The lowest BCUT2D eigenvalue weighted by atomic mass is 10.1. The monoisotopic (exact) mass is 584 g/mol. The van der Waals surface area contributed by atoms with Crippen molar-refractivity contribution in [1.29, 1.82) is 0 Å². The van der Waals surface area contributed by atoms with Crippen molar-refractivity contribution in [2.75, 3.05) is 59.0 Å². The van der Waals surface area contributed by atoms with Crippen molar-refractivity contribution in [2.45, 2.75) is 17.3 Å². The van der Waals surface area contributed by atoms with Gasteiger partial charge < -0.3 is 24.0 Å². The molecule has 0 aliphatic carbocycles. The molecule has 1 aliphatic rings. The smallest absolute Gasteiger partial charge is 0.254 e. The van der Waals surface area contributed by atoms with Gasteiger partial charge in [0.15, 0.2) is 16.7 Å². The van der Waals surface area contributed by atoms with Crippen LogP contribution in [0.4, 0.5) is 5.82 Å². The molecule has 0 N–H and O–H groups in total. The molecule has 5 rings (SSSR count). The average Bonchev–Trinajstić information content (AvgIpc) is 3.06. The molecule has 1 saturated heterocycles. The fraction of sp³-hybridized carbons (Fsp3) is 0.303. The number of amides is 1. The number of hydrogen-bond donors (Lipinski definition) is 0. The summed E-state index contributed by atoms with van der Waals surface area (Å²) in [5.74, 6) is 3.05. The number of likely N-dealkylation sites (N-methyl/N-ethyl adjacent to an activating group) is 1. The molecular weight excluding hydrogens is 548 g/mol. The van der Waals surface area contributed by atoms with Crippen LogP contribution < -0.4 is 14.4 Å². The third kappa shape index (κ3) is 7.40. The van der Waals surface area contributed by atoms with Gasteiger partial charge in [0.1, 0.15) is 5.82 Å². The second-order valence-electron chi connectivity index (χ2n) is 10.0. The number of carbonyl (C=O) groups is 1. The lowest BCUT2D eigenvalue weighted by molar-refractivity contribution is 0.0303. The van der Waals surface area contributed by atoms with E-state index < -0.39 is 0 Å². The maximum Gasteiger partial charge on any atom is 0.254 e. The van der Waals surface area contributed by atoms with Crippen molar-refractivity contribution >= 4 is 23.5 Å². The van der Waals surface area contributed by atoms with Gasteiger partial charge in [-0.25, -0.2) is 9.97 Å². The molecule has 0 saturated carbocycles. The number of methoxy groups -OCH3 is 2. The van der Waals surface area contributed by atoms with Gasteiger partial charge in [-0.1, -0.05) is 60.3 Å². The highest BCUT2D eigenvalue weighted by molar-refractivity contribution is 7.98. The molecule has 1 fully saturated rings. The second kappa shape index (κ2) is 14.2. The standard InChI is InChI=1S/C33H36N4O4S/c1-36(16-15-24-11-14-29(39-2)30(21-24)40-3)31-22-28(26-7-5-4-6-8-26)34-33(35-31)42-23-25-9-12-27(13-10-25)32(38)37-17-19-41-20-18-37/h4-14,21-22H,15-20,23H2,1-3H3. The van der Waals surface area contributed by atoms with Crippen LogP contribution in [0.2, 0.25) is 0 Å². The van der Waals surface area contributed by atoms with Crippen molar-refractivity contribution in [3.8, 4) is 22.8 Å². The zero-order valence-electron chi connectivity index (χ0n) is 24.3. The van der Waals surface area contributed by atoms with Gasteiger partial charge in [0.2, 0.25) is 0 Å². The number of thioether (sulfide) groups is 1. The van der Waals surface area contributed by atoms with Crippen LogP contribution in [0.3, 0.4) is 0 Å². The molecule has 0 radical (unpaired) electrons. The minimum Gasteiger partial charge on any atom is -0.493 e. The second-order valence-corrected chi connectivity index (χ2v) is 11.0. The largest absolute Gasteiger partial charge is 0.493 e. The summed E-state index contributed by atoms with van der Waals surface area (Å²) in [7, 11) is 5.35. The van der Waals surface area contributed by atoms with E-state index in [0.29, 0.717) is 42.8 Å². The van der Waals surface area contributed by atoms with Crippen LogP contribution in [0.1, 0.15) is 21.5 Å². The van der Waals surface area contributed by atoms with Crippen LogP contribution >= 0.6 is 11.8 Å². The molecule has 9 heteroatoms. The summed E-state index contributed by atoms with van der Waals surface area (Å²) in [5, 5.41) is 0.706. The highest BCUT2D eigenvalue weighted by Gasteiger charge is 2.18. The molecule has 3 aromatic carbocycles. The number of anilines is 1. The number of carbonyl (C=O) groups excluding carboxylic acids is 1. The minimum atomic E-state index is 0.0529. The summed E-state index contributed by atoms with van der Waals surface area (Å²) in [6.45, 7) is 3.22. The first-order valence-electron chi connectivity index (χ1n) is 14.0. The SMILES string of the molecule is COc1ccc(CCN(C)c2cc(-c3ccccc3)nc(SCc3ccc(C(=O)N4CCOCC4)cc3)n2)cc1OC. The molecule has 4 aromatic rings. The molecule has 1 aromatic heterocycles. The number of nitrogens with zero attached hydrogens (tertiary/aromatic N) is 4. The number of morpholine rings is 1. The quantitative estimate of drug-likeness (QED) is 0.167. The van der Waals surface area contributed by atoms with Gasteiger partial charge >= 0.3 is 0 Å². The molecular formula is C33H36N4O4S. The number of hydrogen-bond acceptors (Lipinski definition) is 8. The minimum absolute atomic E-state index is 0.0529. The van der Waals surface area contributed by atoms with Gasteiger partial charge in [0, 0.05) is 49.6 Å². The molecule has 0 spiro atoms. The summed E-state index contributed by atoms with van der Waals surface area (Å²) >= 11 is 1.59. The summed E-state index contributed by atoms with van der Waals surface area (Å²) in [5.41, 5.74) is 4.89. The first-order valence-corrected chi connectivity index (χ1v) is 15.0. The Kier molecular flexibility index (Phi) is 9.94. The van der Waals surface area contributed by atoms with Crippen LogP contribution in [0, 0.1) is 0 Å². The molecule has 0 unspecified atom stereocenters. The maximum atomic E-state index is 12.8. The van der Waals surface area contributed by atoms with E-state index in [-0.39, 0.29) is 5.91 Å². The average molecular weight is 585 g/mol. The lowest BCUT2D eigenvalue weighted by Crippen LogP contribution is -2.40. The summed E-state index contributed by atoms with van der Waals surface area (Å²) < 4.78 is 16.2. The molecule has 218 valence electrons. The predicted octanol–water partition coefficient (Wildman–Crippen LogP) is 5.60. The van der Waals surface area contributed by atoms with E-state index in [1.807, 2.05) is 65.6 Å². The third-order valence-corrected chi connectivity index (χ3v) is 8.12. The highest BCUT2D eigenvalue weighted by atomic mass is 32.2. The number of aromatic nitrogens is 2. The summed E-state index contributed by atoms with van der Waals surface area (Å²) in [6.07, 6.45) is 0.819. The van der Waals surface area contributed by atoms with Gasteiger partial charge in [-0.05, 0) is 41.8 Å². The Labute approximate surface area is 251 Å². The first kappa shape index (κ1) is 29.4. The topological polar surface area (TPSA) is 77.0 Å². The van der Waals surface area contributed by atoms with E-state index in [4.69, 9.17) is 24.2 Å². The van der Waals surface area contributed by atoms with E-state index in [9.17, 15) is 4.79 Å². The fourth-order valence-corrected chi connectivity index (χ4v) is 5.53. The van der Waals surface area contributed by atoms with E-state index in [0.717, 1.165) is 52.7 Å². The molecule has 8 nitrogen and oxygen atoms in total. The summed E-state index contributed by atoms with van der Waals surface area (Å²) in [6, 6.07) is 26.1. The van der Waals surface area contributed by atoms with Crippen LogP contribution in [0.25, 0.3) is 11.3 Å². The zero-order valence-corrected chi connectivity index (χ0v) is 25.1. The molecule has 0 bridgehead atoms. The molecule has 1 aliphatic heterocycles. The normalized spacial score (nSPS) is 13.1. The Morgan fingerprint density at radius 1 is 0.905 bits per heavy atom. The van der Waals surface area contributed by atoms with E-state index in [1.165, 1.54) is 0 Å². The number of rotatable bonds is 11. The van der Waals surface area contributed by atoms with E-state index >= 15 is 0 Å². The first-order chi connectivity index (χ1) is 20.5. The van der Waals surface area contributed by atoms with Gasteiger partial charge in [-0.3, -0.25) is 4.79 Å². The van der Waals surface area contributed by atoms with E-state index in [1.54, 1.807) is 26.0 Å². The van der Waals surface area contributed by atoms with Crippen LogP contribution in [-0.4, -0.2) is 74.9 Å². The van der Waals surface area contributed by atoms with Gasteiger partial charge in [-0.15, -0.1) is 0 Å². The third-order valence-electron chi connectivity index (χ3n) is 7.20. The Morgan fingerprint density at radius 3 is 2.33 bits per heavy atom. The lowest BCUT2D eigenvalue weighted by Gasteiger charge is -2.26. The molecule has 0 atom stereocenters. The Balaban J connectivity index is 1.29. The van der Waals surface area contributed by atoms with Gasteiger partial charge in [0.25, 0.3) is 5.91 Å². The van der Waals surface area contributed by atoms with Crippen molar-refractivity contribution in [1.82, 2.24) is 14.9 Å². The van der Waals surface area contributed by atoms with E-state index in [2.05, 4.69) is 30.1 Å². The Morgan fingerprint density at radius 2 is 1.62 bits per heavy atom. The van der Waals surface area contributed by atoms with Crippen LogP contribution in [-0.2, 0) is 16.9 Å². The zero-order chi connectivity index (χ0) is 29.3. The fourth-order valence-electron chi connectivity index (χ4n) is 4.72. The number of benzene rings is 3. The maximum absolute atomic E-state index is 12.8. The predicted molar refractivity (Wildman–Crippen MR) is 167 cm³/mol. The Hall–Kier alpha value is -4.08. The summed E-state index contributed by atoms with van der Waals surface area (Å²) in [4.78, 5) is 26.6. The van der Waals surface area contributed by atoms with Crippen molar-refractivity contribution in [3.05, 3.63) is 95.6 Å². The molecule has 42 heavy (non-hydrogen) atoms. The van der Waals surface area contributed by atoms with Gasteiger partial charge in [0.05, 0.1) is 33.1 Å². The van der Waals surface area contributed by atoms with Crippen molar-refractivity contribution in [2.24, 2.45) is 0 Å². The molecule has 1 amide bonds. The van der Waals surface area contributed by atoms with Gasteiger partial charge in [-0.2, -0.15) is 0 Å².